The normalized spacial score (nSPS) is 11.1. The third-order valence-electron chi connectivity index (χ3n) is 3.04. The van der Waals surface area contributed by atoms with Crippen molar-refractivity contribution in [2.75, 3.05) is 14.2 Å². The number of carboxylic acid groups (broad SMARTS) is 1. The molecule has 0 aromatic heterocycles. The molecule has 0 saturated heterocycles. The highest BCUT2D eigenvalue weighted by molar-refractivity contribution is 6.23. The van der Waals surface area contributed by atoms with E-state index in [1.54, 1.807) is 0 Å². The van der Waals surface area contributed by atoms with Crippen LogP contribution in [0.5, 0.6) is 17.2 Å². The summed E-state index contributed by atoms with van der Waals surface area (Å²) in [6.07, 6.45) is 1.28. The van der Waals surface area contributed by atoms with E-state index in [4.69, 9.17) is 14.6 Å². The van der Waals surface area contributed by atoms with Crippen LogP contribution in [0, 0.1) is 0 Å². The van der Waals surface area contributed by atoms with E-state index in [-0.39, 0.29) is 22.8 Å². The number of rotatable bonds is 6. The smallest absolute Gasteiger partial charge is 0.329 e. The molecule has 0 atom stereocenters. The summed E-state index contributed by atoms with van der Waals surface area (Å²) in [5.41, 5.74) is 0.938. The fourth-order valence-corrected chi connectivity index (χ4v) is 2.12. The highest BCUT2D eigenvalue weighted by Gasteiger charge is 2.22. The number of ketones is 1. The summed E-state index contributed by atoms with van der Waals surface area (Å²) >= 11 is 0. The molecule has 114 valence electrons. The topological polar surface area (TPSA) is 93.1 Å². The largest absolute Gasteiger partial charge is 0.502 e. The Morgan fingerprint density at radius 1 is 1.29 bits per heavy atom. The zero-order valence-corrected chi connectivity index (χ0v) is 12.4. The first-order valence-corrected chi connectivity index (χ1v) is 6.30. The lowest BCUT2D eigenvalue weighted by Crippen LogP contribution is -2.06. The number of allylic oxidation sites excluding steroid dienone is 1. The predicted molar refractivity (Wildman–Crippen MR) is 76.9 cm³/mol. The Balaban J connectivity index is 3.75. The molecule has 0 unspecified atom stereocenters. The fourth-order valence-electron chi connectivity index (χ4n) is 2.12. The molecule has 0 aliphatic heterocycles. The maximum atomic E-state index is 11.8. The average Bonchev–Trinajstić information content (AvgIpc) is 2.43. The summed E-state index contributed by atoms with van der Waals surface area (Å²) in [4.78, 5) is 22.7. The van der Waals surface area contributed by atoms with E-state index in [0.717, 1.165) is 6.08 Å². The van der Waals surface area contributed by atoms with Crippen molar-refractivity contribution in [2.24, 2.45) is 0 Å². The molecule has 0 fully saturated rings. The van der Waals surface area contributed by atoms with Gasteiger partial charge in [-0.25, -0.2) is 4.79 Å². The number of carboxylic acids is 1. The van der Waals surface area contributed by atoms with Crippen molar-refractivity contribution in [3.63, 3.8) is 0 Å². The molecule has 6 nitrogen and oxygen atoms in total. The zero-order valence-electron chi connectivity index (χ0n) is 12.4. The van der Waals surface area contributed by atoms with Gasteiger partial charge in [0.25, 0.3) is 0 Å². The van der Waals surface area contributed by atoms with Gasteiger partial charge in [0.2, 0.25) is 5.75 Å². The van der Waals surface area contributed by atoms with E-state index >= 15 is 0 Å². The van der Waals surface area contributed by atoms with Gasteiger partial charge in [-0.3, -0.25) is 4.79 Å². The first kappa shape index (κ1) is 16.6. The monoisotopic (exact) mass is 294 g/mol. The Hall–Kier alpha value is -2.50. The van der Waals surface area contributed by atoms with Gasteiger partial charge >= 0.3 is 5.97 Å². The molecule has 0 radical (unpaired) electrons. The second-order valence-corrected chi connectivity index (χ2v) is 4.29. The Bertz CT molecular complexity index is 601. The van der Waals surface area contributed by atoms with Crippen LogP contribution < -0.4 is 9.47 Å². The van der Waals surface area contributed by atoms with Gasteiger partial charge in [-0.15, -0.1) is 0 Å². The van der Waals surface area contributed by atoms with Crippen molar-refractivity contribution in [1.29, 1.82) is 0 Å². The molecule has 2 N–H and O–H groups in total. The third kappa shape index (κ3) is 3.34. The number of phenols is 1. The molecule has 0 bridgehead atoms. The average molecular weight is 294 g/mol. The lowest BCUT2D eigenvalue weighted by molar-refractivity contribution is -0.131. The minimum Gasteiger partial charge on any atom is -0.502 e. The van der Waals surface area contributed by atoms with E-state index in [2.05, 4.69) is 0 Å². The molecule has 21 heavy (non-hydrogen) atoms. The highest BCUT2D eigenvalue weighted by Crippen LogP contribution is 2.43. The van der Waals surface area contributed by atoms with Crippen LogP contribution in [-0.4, -0.2) is 36.2 Å². The second kappa shape index (κ2) is 6.78. The molecule has 0 aliphatic carbocycles. The Morgan fingerprint density at radius 2 is 1.90 bits per heavy atom. The molecule has 6 heteroatoms. The second-order valence-electron chi connectivity index (χ2n) is 4.29. The Labute approximate surface area is 122 Å². The summed E-state index contributed by atoms with van der Waals surface area (Å²) in [7, 11) is 2.74. The number of methoxy groups -OCH3 is 2. The fraction of sp³-hybridized carbons (Fsp3) is 0.333. The molecule has 0 aliphatic rings. The number of Topliss-reactive ketones (excluding diaryl/α,β-unsaturated/α-hetero) is 1. The highest BCUT2D eigenvalue weighted by atomic mass is 16.5. The molecule has 0 amide bonds. The van der Waals surface area contributed by atoms with Crippen molar-refractivity contribution in [3.05, 3.63) is 23.3 Å². The number of phenolic OH excluding ortho intramolecular Hbond substituents is 1. The molecule has 1 aromatic rings. The van der Waals surface area contributed by atoms with Gasteiger partial charge < -0.3 is 19.7 Å². The van der Waals surface area contributed by atoms with E-state index in [1.807, 2.05) is 6.92 Å². The Morgan fingerprint density at radius 3 is 2.29 bits per heavy atom. The molecule has 0 spiro atoms. The standard InChI is InChI=1S/C15H18O6/c1-5-9-11(10(8(2)16)7-13(17)18)6-12(20-3)14(19)15(9)21-4/h6-7,19H,5H2,1-4H3,(H,17,18). The number of benzene rings is 1. The maximum absolute atomic E-state index is 11.8. The molecule has 1 rings (SSSR count). The van der Waals surface area contributed by atoms with Crippen LogP contribution in [0.4, 0.5) is 0 Å². The molecular weight excluding hydrogens is 276 g/mol. The summed E-state index contributed by atoms with van der Waals surface area (Å²) in [5.74, 6) is -1.53. The van der Waals surface area contributed by atoms with Crippen molar-refractivity contribution >= 4 is 17.3 Å². The van der Waals surface area contributed by atoms with E-state index in [0.29, 0.717) is 17.5 Å². The number of aliphatic carboxylic acids is 1. The number of carbonyl (C=O) groups is 2. The summed E-state index contributed by atoms with van der Waals surface area (Å²) in [6, 6.07) is 1.44. The van der Waals surface area contributed by atoms with Gasteiger partial charge in [0.1, 0.15) is 0 Å². The molecular formula is C15H18O6. The van der Waals surface area contributed by atoms with Gasteiger partial charge in [-0.05, 0) is 25.0 Å². The van der Waals surface area contributed by atoms with E-state index in [9.17, 15) is 14.7 Å². The van der Waals surface area contributed by atoms with Gasteiger partial charge in [0.05, 0.1) is 14.2 Å². The van der Waals surface area contributed by atoms with E-state index in [1.165, 1.54) is 27.2 Å². The van der Waals surface area contributed by atoms with Crippen molar-refractivity contribution in [3.8, 4) is 17.2 Å². The van der Waals surface area contributed by atoms with Gasteiger partial charge in [0, 0.05) is 17.2 Å². The quantitative estimate of drug-likeness (QED) is 0.780. The van der Waals surface area contributed by atoms with Crippen molar-refractivity contribution < 1.29 is 29.3 Å². The van der Waals surface area contributed by atoms with Crippen LogP contribution in [0.2, 0.25) is 0 Å². The minimum atomic E-state index is -1.23. The first-order valence-electron chi connectivity index (χ1n) is 6.30. The predicted octanol–water partition coefficient (Wildman–Crippen LogP) is 2.03. The third-order valence-corrected chi connectivity index (χ3v) is 3.04. The van der Waals surface area contributed by atoms with Crippen LogP contribution in [0.1, 0.15) is 25.0 Å². The van der Waals surface area contributed by atoms with Gasteiger partial charge in [-0.1, -0.05) is 6.92 Å². The van der Waals surface area contributed by atoms with Crippen molar-refractivity contribution in [2.45, 2.75) is 20.3 Å². The molecule has 1 aromatic carbocycles. The van der Waals surface area contributed by atoms with Gasteiger partial charge in [0.15, 0.2) is 17.3 Å². The summed E-state index contributed by atoms with van der Waals surface area (Å²) in [5, 5.41) is 19.0. The zero-order chi connectivity index (χ0) is 16.2. The Kier molecular flexibility index (Phi) is 5.35. The maximum Gasteiger partial charge on any atom is 0.329 e. The van der Waals surface area contributed by atoms with Crippen molar-refractivity contribution in [1.82, 2.24) is 0 Å². The first-order chi connectivity index (χ1) is 9.87. The molecule has 0 heterocycles. The SMILES string of the molecule is CCc1c(C(=CC(=O)O)C(C)=O)cc(OC)c(O)c1OC. The lowest BCUT2D eigenvalue weighted by atomic mass is 9.93. The van der Waals surface area contributed by atoms with Crippen LogP contribution in [-0.2, 0) is 16.0 Å². The van der Waals surface area contributed by atoms with Gasteiger partial charge in [-0.2, -0.15) is 0 Å². The summed E-state index contributed by atoms with van der Waals surface area (Å²) in [6.45, 7) is 3.09. The number of carbonyl (C=O) groups excluding carboxylic acids is 1. The number of hydrogen-bond acceptors (Lipinski definition) is 5. The lowest BCUT2D eigenvalue weighted by Gasteiger charge is -2.17. The van der Waals surface area contributed by atoms with Crippen LogP contribution in [0.25, 0.3) is 5.57 Å². The van der Waals surface area contributed by atoms with Crippen LogP contribution in [0.3, 0.4) is 0 Å². The van der Waals surface area contributed by atoms with E-state index < -0.39 is 11.8 Å². The molecule has 0 saturated carbocycles. The van der Waals surface area contributed by atoms with Crippen LogP contribution >= 0.6 is 0 Å². The number of hydrogen-bond donors (Lipinski definition) is 2. The number of aromatic hydroxyl groups is 1. The van der Waals surface area contributed by atoms with Crippen LogP contribution in [0.15, 0.2) is 12.1 Å². The number of ether oxygens (including phenoxy) is 2. The summed E-state index contributed by atoms with van der Waals surface area (Å²) < 4.78 is 10.2. The minimum absolute atomic E-state index is 0.0240.